The van der Waals surface area contributed by atoms with Gasteiger partial charge < -0.3 is 18.9 Å². The van der Waals surface area contributed by atoms with Gasteiger partial charge in [-0.15, -0.1) is 0 Å². The molecule has 2 aliphatic rings. The number of rotatable bonds is 5. The highest BCUT2D eigenvalue weighted by atomic mass is 16.8. The van der Waals surface area contributed by atoms with E-state index in [4.69, 9.17) is 18.9 Å². The molecular weight excluding hydrogens is 328 g/mol. The fourth-order valence-corrected chi connectivity index (χ4v) is 3.39. The zero-order chi connectivity index (χ0) is 18.0. The van der Waals surface area contributed by atoms with Crippen LogP contribution in [0.1, 0.15) is 25.0 Å². The Balaban J connectivity index is 1.49. The van der Waals surface area contributed by atoms with Crippen molar-refractivity contribution in [3.8, 4) is 0 Å². The summed E-state index contributed by atoms with van der Waals surface area (Å²) in [5, 5.41) is 0. The van der Waals surface area contributed by atoms with Gasteiger partial charge in [0.15, 0.2) is 12.1 Å². The maximum absolute atomic E-state index is 6.22. The Morgan fingerprint density at radius 3 is 2.38 bits per heavy atom. The van der Waals surface area contributed by atoms with Gasteiger partial charge in [0.2, 0.25) is 0 Å². The second-order valence-corrected chi connectivity index (χ2v) is 7.10. The molecule has 4 heteroatoms. The number of benzene rings is 2. The molecule has 0 aliphatic carbocycles. The van der Waals surface area contributed by atoms with E-state index in [9.17, 15) is 0 Å². The average molecular weight is 352 g/mol. The maximum atomic E-state index is 6.22. The van der Waals surface area contributed by atoms with E-state index in [0.717, 1.165) is 11.1 Å². The molecular formula is C22H24O4. The van der Waals surface area contributed by atoms with Crippen molar-refractivity contribution in [2.75, 3.05) is 0 Å². The van der Waals surface area contributed by atoms with Gasteiger partial charge >= 0.3 is 0 Å². The lowest BCUT2D eigenvalue weighted by Gasteiger charge is -2.24. The first-order valence-electron chi connectivity index (χ1n) is 9.01. The molecule has 2 fully saturated rings. The van der Waals surface area contributed by atoms with E-state index in [-0.39, 0.29) is 18.3 Å². The zero-order valence-electron chi connectivity index (χ0n) is 15.1. The van der Waals surface area contributed by atoms with E-state index in [1.165, 1.54) is 0 Å². The zero-order valence-corrected chi connectivity index (χ0v) is 15.1. The van der Waals surface area contributed by atoms with Crippen molar-refractivity contribution in [1.82, 2.24) is 0 Å². The van der Waals surface area contributed by atoms with Gasteiger partial charge in [-0.3, -0.25) is 0 Å². The molecule has 0 unspecified atom stereocenters. The molecule has 0 radical (unpaired) electrons. The minimum absolute atomic E-state index is 0.218. The minimum atomic E-state index is -0.655. The predicted octanol–water partition coefficient (Wildman–Crippen LogP) is 4.16. The molecule has 2 aromatic rings. The van der Waals surface area contributed by atoms with Crippen LogP contribution in [0, 0.1) is 0 Å². The predicted molar refractivity (Wildman–Crippen MR) is 99.2 cm³/mol. The van der Waals surface area contributed by atoms with Crippen molar-refractivity contribution >= 4 is 6.08 Å². The van der Waals surface area contributed by atoms with Gasteiger partial charge in [-0.1, -0.05) is 72.8 Å². The van der Waals surface area contributed by atoms with Gasteiger partial charge in [-0.05, 0) is 25.0 Å². The molecule has 2 aromatic carbocycles. The largest absolute Gasteiger partial charge is 0.368 e. The first kappa shape index (κ1) is 17.4. The van der Waals surface area contributed by atoms with E-state index in [2.05, 4.69) is 30.3 Å². The second kappa shape index (κ2) is 7.33. The lowest BCUT2D eigenvalue weighted by Crippen LogP contribution is -2.36. The van der Waals surface area contributed by atoms with E-state index < -0.39 is 12.1 Å². The molecule has 0 spiro atoms. The first-order valence-corrected chi connectivity index (χ1v) is 9.01. The number of hydrogen-bond donors (Lipinski definition) is 0. The fraction of sp³-hybridized carbons (Fsp3) is 0.364. The summed E-state index contributed by atoms with van der Waals surface area (Å²) in [5.74, 6) is -0.655. The van der Waals surface area contributed by atoms with Crippen LogP contribution in [0.3, 0.4) is 0 Å². The minimum Gasteiger partial charge on any atom is -0.368 e. The Hall–Kier alpha value is -1.98. The summed E-state index contributed by atoms with van der Waals surface area (Å²) < 4.78 is 24.2. The number of hydrogen-bond acceptors (Lipinski definition) is 4. The lowest BCUT2D eigenvalue weighted by molar-refractivity contribution is -0.213. The normalized spacial score (nSPS) is 29.9. The fourth-order valence-electron chi connectivity index (χ4n) is 3.39. The number of ether oxygens (including phenoxy) is 4. The van der Waals surface area contributed by atoms with Crippen molar-refractivity contribution in [3.63, 3.8) is 0 Å². The highest BCUT2D eigenvalue weighted by Gasteiger charge is 2.54. The molecule has 2 heterocycles. The Bertz CT molecular complexity index is 741. The van der Waals surface area contributed by atoms with Crippen molar-refractivity contribution in [2.45, 2.75) is 50.8 Å². The Morgan fingerprint density at radius 1 is 0.962 bits per heavy atom. The third kappa shape index (κ3) is 3.89. The Kier molecular flexibility index (Phi) is 4.92. The van der Waals surface area contributed by atoms with E-state index in [0.29, 0.717) is 6.61 Å². The quantitative estimate of drug-likeness (QED) is 0.810. The maximum Gasteiger partial charge on any atom is 0.190 e. The van der Waals surface area contributed by atoms with Crippen molar-refractivity contribution in [2.24, 2.45) is 0 Å². The third-order valence-electron chi connectivity index (χ3n) is 4.59. The number of fused-ring (bicyclic) bond motifs is 1. The van der Waals surface area contributed by atoms with Crippen molar-refractivity contribution in [3.05, 3.63) is 77.9 Å². The first-order chi connectivity index (χ1) is 12.6. The smallest absolute Gasteiger partial charge is 0.190 e. The highest BCUT2D eigenvalue weighted by Crippen LogP contribution is 2.39. The van der Waals surface area contributed by atoms with Crippen LogP contribution < -0.4 is 0 Å². The molecule has 26 heavy (non-hydrogen) atoms. The van der Waals surface area contributed by atoms with E-state index >= 15 is 0 Å². The van der Waals surface area contributed by atoms with Gasteiger partial charge in [0.05, 0.1) is 6.61 Å². The molecule has 4 atom stereocenters. The lowest BCUT2D eigenvalue weighted by atomic mass is 10.1. The molecule has 4 nitrogen and oxygen atoms in total. The monoisotopic (exact) mass is 352 g/mol. The summed E-state index contributed by atoms with van der Waals surface area (Å²) in [6, 6.07) is 20.3. The van der Waals surface area contributed by atoms with Crippen LogP contribution in [0.25, 0.3) is 6.08 Å². The summed E-state index contributed by atoms with van der Waals surface area (Å²) in [6.45, 7) is 4.31. The van der Waals surface area contributed by atoms with Gasteiger partial charge in [0, 0.05) is 0 Å². The van der Waals surface area contributed by atoms with Crippen LogP contribution in [0.5, 0.6) is 0 Å². The van der Waals surface area contributed by atoms with Crippen LogP contribution in [0.15, 0.2) is 66.7 Å². The summed E-state index contributed by atoms with van der Waals surface area (Å²) >= 11 is 0. The van der Waals surface area contributed by atoms with Gasteiger partial charge in [-0.2, -0.15) is 0 Å². The van der Waals surface area contributed by atoms with Gasteiger partial charge in [0.1, 0.15) is 18.3 Å². The molecule has 4 rings (SSSR count). The third-order valence-corrected chi connectivity index (χ3v) is 4.59. The van der Waals surface area contributed by atoms with Gasteiger partial charge in [0.25, 0.3) is 0 Å². The summed E-state index contributed by atoms with van der Waals surface area (Å²) in [5.41, 5.74) is 2.25. The summed E-state index contributed by atoms with van der Waals surface area (Å²) in [6.07, 6.45) is 3.00. The Labute approximate surface area is 154 Å². The molecule has 0 N–H and O–H groups in total. The molecule has 2 aliphatic heterocycles. The topological polar surface area (TPSA) is 36.9 Å². The second-order valence-electron chi connectivity index (χ2n) is 7.10. The molecule has 0 bridgehead atoms. The molecule has 136 valence electrons. The SMILES string of the molecule is CC1(C)O[C@H]2O[C@H](/C=C/c3ccccc3)[C@H](OCc3ccccc3)[C@H]2O1. The van der Waals surface area contributed by atoms with E-state index in [1.54, 1.807) is 0 Å². The van der Waals surface area contributed by atoms with Crippen LogP contribution in [-0.4, -0.2) is 30.4 Å². The molecule has 0 aromatic heterocycles. The molecule has 0 saturated carbocycles. The van der Waals surface area contributed by atoms with Crippen LogP contribution in [0.2, 0.25) is 0 Å². The van der Waals surface area contributed by atoms with E-state index in [1.807, 2.05) is 56.3 Å². The van der Waals surface area contributed by atoms with Crippen LogP contribution >= 0.6 is 0 Å². The van der Waals surface area contributed by atoms with Crippen LogP contribution in [0.4, 0.5) is 0 Å². The average Bonchev–Trinajstić information content (AvgIpc) is 3.11. The highest BCUT2D eigenvalue weighted by molar-refractivity contribution is 5.49. The standard InChI is InChI=1S/C22H24O4/c1-22(2)25-20-19(23-15-17-11-7-4-8-12-17)18(24-21(20)26-22)14-13-16-9-5-3-6-10-16/h3-14,18-21H,15H2,1-2H3/b14-13+/t18-,19+,20-,21-/m1/s1. The van der Waals surface area contributed by atoms with Gasteiger partial charge in [-0.25, -0.2) is 0 Å². The summed E-state index contributed by atoms with van der Waals surface area (Å²) in [4.78, 5) is 0. The van der Waals surface area contributed by atoms with Crippen LogP contribution in [-0.2, 0) is 25.6 Å². The van der Waals surface area contributed by atoms with Crippen molar-refractivity contribution in [1.29, 1.82) is 0 Å². The molecule has 0 amide bonds. The molecule has 2 saturated heterocycles. The Morgan fingerprint density at radius 2 is 1.65 bits per heavy atom. The summed E-state index contributed by atoms with van der Waals surface area (Å²) in [7, 11) is 0. The van der Waals surface area contributed by atoms with Crippen molar-refractivity contribution < 1.29 is 18.9 Å².